The Morgan fingerprint density at radius 1 is 1.23 bits per heavy atom. The molecule has 1 aliphatic rings. The summed E-state index contributed by atoms with van der Waals surface area (Å²) >= 11 is 2.48. The quantitative estimate of drug-likeness (QED) is 0.551. The Bertz CT molecular complexity index is 137. The van der Waals surface area contributed by atoms with Gasteiger partial charge < -0.3 is 4.74 Å². The van der Waals surface area contributed by atoms with Gasteiger partial charge in [0.25, 0.3) is 0 Å². The van der Waals surface area contributed by atoms with E-state index < -0.39 is 0 Å². The zero-order valence-corrected chi connectivity index (χ0v) is 11.0. The molecule has 0 aliphatic heterocycles. The second kappa shape index (κ2) is 5.54. The maximum Gasteiger partial charge on any atom is 0.0775 e. The highest BCUT2D eigenvalue weighted by atomic mass is 127. The van der Waals surface area contributed by atoms with Gasteiger partial charge in [-0.25, -0.2) is 0 Å². The third-order valence-corrected chi connectivity index (χ3v) is 4.48. The van der Waals surface area contributed by atoms with Crippen LogP contribution in [0.1, 0.15) is 52.4 Å². The number of halogens is 1. The maximum atomic E-state index is 6.24. The second-order valence-electron chi connectivity index (χ2n) is 4.08. The van der Waals surface area contributed by atoms with E-state index in [2.05, 4.69) is 36.4 Å². The highest BCUT2D eigenvalue weighted by Crippen LogP contribution is 2.36. The molecular weight excluding hydrogens is 275 g/mol. The van der Waals surface area contributed by atoms with E-state index in [-0.39, 0.29) is 5.60 Å². The molecule has 0 aromatic heterocycles. The molecule has 0 unspecified atom stereocenters. The van der Waals surface area contributed by atoms with Crippen molar-refractivity contribution in [3.63, 3.8) is 0 Å². The lowest BCUT2D eigenvalue weighted by Gasteiger charge is -2.31. The van der Waals surface area contributed by atoms with Gasteiger partial charge in [0.1, 0.15) is 0 Å². The van der Waals surface area contributed by atoms with Crippen LogP contribution in [0.3, 0.4) is 0 Å². The summed E-state index contributed by atoms with van der Waals surface area (Å²) in [5, 5.41) is 0. The Balaban J connectivity index is 2.46. The molecule has 0 heterocycles. The first-order valence-corrected chi connectivity index (χ1v) is 7.02. The van der Waals surface area contributed by atoms with E-state index in [1.807, 2.05) is 0 Å². The van der Waals surface area contributed by atoms with Gasteiger partial charge >= 0.3 is 0 Å². The number of rotatable bonds is 5. The van der Waals surface area contributed by atoms with E-state index in [0.29, 0.717) is 6.10 Å². The van der Waals surface area contributed by atoms with Crippen LogP contribution in [0.15, 0.2) is 0 Å². The molecule has 0 aromatic carbocycles. The zero-order chi connectivity index (χ0) is 9.73. The fourth-order valence-electron chi connectivity index (χ4n) is 2.11. The number of ether oxygens (including phenoxy) is 1. The van der Waals surface area contributed by atoms with Crippen LogP contribution in [-0.4, -0.2) is 16.1 Å². The van der Waals surface area contributed by atoms with Gasteiger partial charge in [-0.1, -0.05) is 49.3 Å². The first-order valence-electron chi connectivity index (χ1n) is 5.50. The molecule has 0 amide bonds. The van der Waals surface area contributed by atoms with Crippen molar-refractivity contribution in [2.45, 2.75) is 64.1 Å². The molecule has 0 atom stereocenters. The van der Waals surface area contributed by atoms with Gasteiger partial charge in [0, 0.05) is 4.43 Å². The summed E-state index contributed by atoms with van der Waals surface area (Å²) in [6.07, 6.45) is 8.11. The summed E-state index contributed by atoms with van der Waals surface area (Å²) in [5.41, 5.74) is 0.247. The van der Waals surface area contributed by atoms with Crippen LogP contribution in [0.4, 0.5) is 0 Å². The molecule has 2 heteroatoms. The average Bonchev–Trinajstić information content (AvgIpc) is 2.63. The summed E-state index contributed by atoms with van der Waals surface area (Å²) in [4.78, 5) is 0. The molecule has 1 aliphatic carbocycles. The highest BCUT2D eigenvalue weighted by molar-refractivity contribution is 14.1. The molecule has 1 fully saturated rings. The van der Waals surface area contributed by atoms with Crippen LogP contribution in [0.25, 0.3) is 0 Å². The fraction of sp³-hybridized carbons (Fsp3) is 1.00. The van der Waals surface area contributed by atoms with E-state index in [1.54, 1.807) is 0 Å². The summed E-state index contributed by atoms with van der Waals surface area (Å²) in [6, 6.07) is 0. The second-order valence-corrected chi connectivity index (χ2v) is 4.84. The van der Waals surface area contributed by atoms with Crippen molar-refractivity contribution in [2.75, 3.05) is 4.43 Å². The van der Waals surface area contributed by atoms with E-state index >= 15 is 0 Å². The lowest BCUT2D eigenvalue weighted by molar-refractivity contribution is -0.0757. The van der Waals surface area contributed by atoms with Gasteiger partial charge in [0.15, 0.2) is 0 Å². The van der Waals surface area contributed by atoms with Crippen molar-refractivity contribution in [1.29, 1.82) is 0 Å². The Morgan fingerprint density at radius 2 is 1.77 bits per heavy atom. The van der Waals surface area contributed by atoms with Crippen LogP contribution >= 0.6 is 22.6 Å². The van der Waals surface area contributed by atoms with Gasteiger partial charge in [-0.05, 0) is 25.7 Å². The Labute approximate surface area is 95.8 Å². The van der Waals surface area contributed by atoms with Gasteiger partial charge in [0.05, 0.1) is 11.7 Å². The third kappa shape index (κ3) is 3.08. The monoisotopic (exact) mass is 296 g/mol. The van der Waals surface area contributed by atoms with Crippen LogP contribution in [0, 0.1) is 0 Å². The summed E-state index contributed by atoms with van der Waals surface area (Å²) in [7, 11) is 0. The molecule has 1 saturated carbocycles. The lowest BCUT2D eigenvalue weighted by atomic mass is 10.0. The zero-order valence-electron chi connectivity index (χ0n) is 8.81. The highest BCUT2D eigenvalue weighted by Gasteiger charge is 2.35. The predicted octanol–water partition coefficient (Wildman–Crippen LogP) is 3.94. The Hall–Kier alpha value is 0.690. The van der Waals surface area contributed by atoms with E-state index in [1.165, 1.54) is 30.1 Å². The first kappa shape index (κ1) is 11.8. The number of hydrogen-bond donors (Lipinski definition) is 0. The number of alkyl halides is 1. The minimum atomic E-state index is 0.247. The van der Waals surface area contributed by atoms with Crippen LogP contribution in [0.2, 0.25) is 0 Å². The molecule has 1 nitrogen and oxygen atoms in total. The van der Waals surface area contributed by atoms with E-state index in [9.17, 15) is 0 Å². The van der Waals surface area contributed by atoms with Crippen LogP contribution in [0.5, 0.6) is 0 Å². The van der Waals surface area contributed by atoms with Crippen LogP contribution < -0.4 is 0 Å². The first-order chi connectivity index (χ1) is 6.26. The van der Waals surface area contributed by atoms with Crippen molar-refractivity contribution in [1.82, 2.24) is 0 Å². The van der Waals surface area contributed by atoms with Crippen molar-refractivity contribution in [3.8, 4) is 0 Å². The van der Waals surface area contributed by atoms with Crippen molar-refractivity contribution >= 4 is 22.6 Å². The minimum absolute atomic E-state index is 0.247. The Kier molecular flexibility index (Phi) is 5.01. The predicted molar refractivity (Wildman–Crippen MR) is 65.5 cm³/mol. The van der Waals surface area contributed by atoms with Crippen molar-refractivity contribution in [3.05, 3.63) is 0 Å². The van der Waals surface area contributed by atoms with Crippen LogP contribution in [-0.2, 0) is 4.74 Å². The number of hydrogen-bond acceptors (Lipinski definition) is 1. The molecule has 0 spiro atoms. The molecule has 0 N–H and O–H groups in total. The largest absolute Gasteiger partial charge is 0.371 e. The summed E-state index contributed by atoms with van der Waals surface area (Å²) in [6.45, 7) is 4.45. The van der Waals surface area contributed by atoms with Gasteiger partial charge in [-0.3, -0.25) is 0 Å². The van der Waals surface area contributed by atoms with Gasteiger partial charge in [-0.15, -0.1) is 0 Å². The molecule has 13 heavy (non-hydrogen) atoms. The fourth-order valence-corrected chi connectivity index (χ4v) is 3.05. The molecular formula is C11H21IO. The molecule has 0 saturated heterocycles. The molecule has 0 bridgehead atoms. The SMILES string of the molecule is CCC(CC)OC1(CI)CCCC1. The maximum absolute atomic E-state index is 6.24. The smallest absolute Gasteiger partial charge is 0.0775 e. The van der Waals surface area contributed by atoms with Crippen molar-refractivity contribution < 1.29 is 4.74 Å². The normalized spacial score (nSPS) is 21.2. The summed E-state index contributed by atoms with van der Waals surface area (Å²) < 4.78 is 7.41. The minimum Gasteiger partial charge on any atom is -0.371 e. The topological polar surface area (TPSA) is 9.23 Å². The van der Waals surface area contributed by atoms with Crippen molar-refractivity contribution in [2.24, 2.45) is 0 Å². The lowest BCUT2D eigenvalue weighted by Crippen LogP contribution is -2.35. The van der Waals surface area contributed by atoms with E-state index in [0.717, 1.165) is 12.8 Å². The molecule has 1 rings (SSSR count). The van der Waals surface area contributed by atoms with E-state index in [4.69, 9.17) is 4.74 Å². The molecule has 0 aromatic rings. The Morgan fingerprint density at radius 3 is 2.15 bits per heavy atom. The van der Waals surface area contributed by atoms with Gasteiger partial charge in [0.2, 0.25) is 0 Å². The molecule has 78 valence electrons. The summed E-state index contributed by atoms with van der Waals surface area (Å²) in [5.74, 6) is 0. The standard InChI is InChI=1S/C11H21IO/c1-3-10(4-2)13-11(9-12)7-5-6-8-11/h10H,3-9H2,1-2H3. The average molecular weight is 296 g/mol. The molecule has 0 radical (unpaired) electrons. The van der Waals surface area contributed by atoms with Gasteiger partial charge in [-0.2, -0.15) is 0 Å². The third-order valence-electron chi connectivity index (χ3n) is 3.09.